The van der Waals surface area contributed by atoms with Gasteiger partial charge in [0, 0.05) is 11.4 Å². The van der Waals surface area contributed by atoms with E-state index in [1.165, 1.54) is 22.8 Å². The van der Waals surface area contributed by atoms with E-state index in [1.54, 1.807) is 6.92 Å². The molecule has 31 heavy (non-hydrogen) atoms. The van der Waals surface area contributed by atoms with E-state index in [2.05, 4.69) is 4.98 Å². The van der Waals surface area contributed by atoms with E-state index in [-0.39, 0.29) is 41.7 Å². The molecule has 1 aromatic heterocycles. The molecule has 0 radical (unpaired) electrons. The fourth-order valence-corrected chi connectivity index (χ4v) is 4.14. The van der Waals surface area contributed by atoms with Crippen molar-refractivity contribution in [2.24, 2.45) is 0 Å². The van der Waals surface area contributed by atoms with Gasteiger partial charge >= 0.3 is 6.18 Å². The Labute approximate surface area is 181 Å². The van der Waals surface area contributed by atoms with Crippen LogP contribution in [0.15, 0.2) is 58.5 Å². The Kier molecular flexibility index (Phi) is 7.01. The van der Waals surface area contributed by atoms with Crippen molar-refractivity contribution in [3.63, 3.8) is 0 Å². The van der Waals surface area contributed by atoms with Crippen molar-refractivity contribution in [2.45, 2.75) is 42.8 Å². The molecule has 9 heteroatoms. The quantitative estimate of drug-likeness (QED) is 0.481. The van der Waals surface area contributed by atoms with Crippen molar-refractivity contribution >= 4 is 11.8 Å². The Morgan fingerprint density at radius 2 is 1.68 bits per heavy atom. The Morgan fingerprint density at radius 3 is 2.23 bits per heavy atom. The van der Waals surface area contributed by atoms with Crippen LogP contribution < -0.4 is 0 Å². The minimum atomic E-state index is -4.66. The van der Waals surface area contributed by atoms with Crippen LogP contribution in [0.5, 0.6) is 0 Å². The van der Waals surface area contributed by atoms with E-state index in [1.807, 2.05) is 42.5 Å². The molecule has 0 saturated carbocycles. The molecule has 1 heterocycles. The van der Waals surface area contributed by atoms with E-state index in [9.17, 15) is 13.2 Å². The van der Waals surface area contributed by atoms with Crippen molar-refractivity contribution in [2.75, 3.05) is 0 Å². The van der Waals surface area contributed by atoms with E-state index < -0.39 is 11.9 Å². The molecule has 158 valence electrons. The SMILES string of the molecule is CCn1c(COCc2ccccc2)nc(C(F)(F)F)c1Sc1cc(C#N)cc(C#N)c1. The first-order valence-electron chi connectivity index (χ1n) is 9.27. The second kappa shape index (κ2) is 9.69. The summed E-state index contributed by atoms with van der Waals surface area (Å²) in [5.74, 6) is 0.158. The lowest BCUT2D eigenvalue weighted by atomic mass is 10.1. The predicted octanol–water partition coefficient (Wildman–Crippen LogP) is 5.53. The Balaban J connectivity index is 1.93. The summed E-state index contributed by atoms with van der Waals surface area (Å²) in [6.45, 7) is 2.13. The van der Waals surface area contributed by atoms with Crippen LogP contribution in [0, 0.1) is 22.7 Å². The van der Waals surface area contributed by atoms with E-state index in [0.29, 0.717) is 4.90 Å². The largest absolute Gasteiger partial charge is 0.436 e. The van der Waals surface area contributed by atoms with E-state index in [0.717, 1.165) is 17.3 Å². The highest BCUT2D eigenvalue weighted by atomic mass is 32.2. The highest BCUT2D eigenvalue weighted by molar-refractivity contribution is 7.99. The van der Waals surface area contributed by atoms with Gasteiger partial charge in [-0.25, -0.2) is 4.98 Å². The van der Waals surface area contributed by atoms with Gasteiger partial charge in [-0.1, -0.05) is 42.1 Å². The van der Waals surface area contributed by atoms with Gasteiger partial charge in [0.25, 0.3) is 0 Å². The molecular weight excluding hydrogens is 425 g/mol. The second-order valence-corrected chi connectivity index (χ2v) is 7.54. The molecule has 3 aromatic rings. The predicted molar refractivity (Wildman–Crippen MR) is 108 cm³/mol. The van der Waals surface area contributed by atoms with Crippen molar-refractivity contribution in [3.8, 4) is 12.1 Å². The van der Waals surface area contributed by atoms with Gasteiger partial charge in [-0.2, -0.15) is 23.7 Å². The number of halogens is 3. The van der Waals surface area contributed by atoms with Gasteiger partial charge < -0.3 is 9.30 Å². The number of ether oxygens (including phenoxy) is 1. The van der Waals surface area contributed by atoms with Crippen LogP contribution >= 0.6 is 11.8 Å². The molecule has 0 amide bonds. The van der Waals surface area contributed by atoms with E-state index >= 15 is 0 Å². The van der Waals surface area contributed by atoms with Crippen LogP contribution in [0.2, 0.25) is 0 Å². The molecule has 0 spiro atoms. The molecule has 0 saturated heterocycles. The monoisotopic (exact) mass is 442 g/mol. The number of hydrogen-bond donors (Lipinski definition) is 0. The summed E-state index contributed by atoms with van der Waals surface area (Å²) in [5, 5.41) is 18.2. The number of nitrogens with zero attached hydrogens (tertiary/aromatic N) is 4. The Hall–Kier alpha value is -3.27. The summed E-state index contributed by atoms with van der Waals surface area (Å²) in [5.41, 5.74) is 0.284. The molecule has 0 N–H and O–H groups in total. The zero-order valence-corrected chi connectivity index (χ0v) is 17.3. The minimum absolute atomic E-state index is 0.0892. The fourth-order valence-electron chi connectivity index (χ4n) is 2.94. The highest BCUT2D eigenvalue weighted by Crippen LogP contribution is 2.40. The summed E-state index contributed by atoms with van der Waals surface area (Å²) in [6, 6.07) is 17.4. The average molecular weight is 442 g/mol. The summed E-state index contributed by atoms with van der Waals surface area (Å²) in [7, 11) is 0. The Bertz CT molecular complexity index is 1110. The maximum atomic E-state index is 13.7. The molecule has 0 bridgehead atoms. The summed E-state index contributed by atoms with van der Waals surface area (Å²) >= 11 is 0.825. The number of aromatic nitrogens is 2. The third-order valence-corrected chi connectivity index (χ3v) is 5.39. The average Bonchev–Trinajstić information content (AvgIpc) is 3.11. The number of alkyl halides is 3. The summed E-state index contributed by atoms with van der Waals surface area (Å²) in [6.07, 6.45) is -4.66. The van der Waals surface area contributed by atoms with Gasteiger partial charge in [-0.15, -0.1) is 0 Å². The van der Waals surface area contributed by atoms with Crippen molar-refractivity contribution in [3.05, 3.63) is 76.7 Å². The lowest BCUT2D eigenvalue weighted by Gasteiger charge is -2.12. The number of rotatable bonds is 7. The summed E-state index contributed by atoms with van der Waals surface area (Å²) < 4.78 is 48.2. The van der Waals surface area contributed by atoms with Crippen molar-refractivity contribution in [1.29, 1.82) is 10.5 Å². The molecule has 0 fully saturated rings. The first-order chi connectivity index (χ1) is 14.9. The maximum absolute atomic E-state index is 13.7. The first-order valence-corrected chi connectivity index (χ1v) is 10.1. The van der Waals surface area contributed by atoms with E-state index in [4.69, 9.17) is 15.3 Å². The molecule has 0 unspecified atom stereocenters. The molecule has 0 aliphatic rings. The normalized spacial score (nSPS) is 11.2. The van der Waals surface area contributed by atoms with Gasteiger partial charge in [-0.05, 0) is 30.7 Å². The van der Waals surface area contributed by atoms with Gasteiger partial charge in [0.05, 0.1) is 29.9 Å². The topological polar surface area (TPSA) is 74.6 Å². The first kappa shape index (κ1) is 22.4. The standard InChI is InChI=1S/C22H17F3N4OS/c1-2-29-19(14-30-13-15-6-4-3-5-7-15)28-20(22(23,24)25)21(29)31-18-9-16(11-26)8-17(10-18)12-27/h3-10H,2,13-14H2,1H3. The van der Waals surface area contributed by atoms with Crippen LogP contribution in [0.25, 0.3) is 0 Å². The van der Waals surface area contributed by atoms with Gasteiger partial charge in [-0.3, -0.25) is 0 Å². The van der Waals surface area contributed by atoms with Crippen LogP contribution in [0.3, 0.4) is 0 Å². The molecule has 0 aliphatic heterocycles. The van der Waals surface area contributed by atoms with Crippen LogP contribution in [-0.4, -0.2) is 9.55 Å². The maximum Gasteiger partial charge on any atom is 0.436 e. The van der Waals surface area contributed by atoms with Crippen LogP contribution in [0.1, 0.15) is 35.1 Å². The third-order valence-electron chi connectivity index (χ3n) is 4.31. The van der Waals surface area contributed by atoms with Gasteiger partial charge in [0.1, 0.15) is 17.5 Å². The zero-order chi connectivity index (χ0) is 22.4. The zero-order valence-electron chi connectivity index (χ0n) is 16.5. The van der Waals surface area contributed by atoms with Crippen molar-refractivity contribution in [1.82, 2.24) is 9.55 Å². The highest BCUT2D eigenvalue weighted by Gasteiger charge is 2.39. The van der Waals surface area contributed by atoms with Gasteiger partial charge in [0.2, 0.25) is 0 Å². The number of nitriles is 2. The van der Waals surface area contributed by atoms with Crippen LogP contribution in [0.4, 0.5) is 13.2 Å². The molecule has 0 aliphatic carbocycles. The minimum Gasteiger partial charge on any atom is -0.369 e. The van der Waals surface area contributed by atoms with Gasteiger partial charge in [0.15, 0.2) is 5.69 Å². The molecule has 0 atom stereocenters. The molecular formula is C22H17F3N4OS. The lowest BCUT2D eigenvalue weighted by molar-refractivity contribution is -0.143. The second-order valence-electron chi connectivity index (χ2n) is 6.47. The molecule has 3 rings (SSSR count). The Morgan fingerprint density at radius 1 is 1.03 bits per heavy atom. The number of hydrogen-bond acceptors (Lipinski definition) is 5. The summed E-state index contributed by atoms with van der Waals surface area (Å²) in [4.78, 5) is 4.18. The third kappa shape index (κ3) is 5.46. The fraction of sp³-hybridized carbons (Fsp3) is 0.227. The lowest BCUT2D eigenvalue weighted by Crippen LogP contribution is -2.08. The smallest absolute Gasteiger partial charge is 0.369 e. The molecule has 2 aromatic carbocycles. The van der Waals surface area contributed by atoms with Crippen molar-refractivity contribution < 1.29 is 17.9 Å². The van der Waals surface area contributed by atoms with Crippen LogP contribution in [-0.2, 0) is 30.7 Å². The number of imidazole rings is 1. The number of benzene rings is 2. The molecule has 5 nitrogen and oxygen atoms in total.